The molecule has 0 radical (unpaired) electrons. The van der Waals surface area contributed by atoms with Crippen LogP contribution >= 0.6 is 0 Å². The Kier molecular flexibility index (Phi) is 7.73. The van der Waals surface area contributed by atoms with Crippen molar-refractivity contribution in [2.45, 2.75) is 59.3 Å². The van der Waals surface area contributed by atoms with Crippen molar-refractivity contribution in [3.05, 3.63) is 180 Å². The molecule has 0 amide bonds. The van der Waals surface area contributed by atoms with Crippen molar-refractivity contribution in [1.82, 2.24) is 4.57 Å². The van der Waals surface area contributed by atoms with Crippen LogP contribution < -0.4 is 26.4 Å². The Bertz CT molecular complexity index is 3410. The van der Waals surface area contributed by atoms with E-state index < -0.39 is 0 Å². The quantitative estimate of drug-likeness (QED) is 0.166. The maximum Gasteiger partial charge on any atom is 0.297 e. The van der Waals surface area contributed by atoms with Crippen LogP contribution in [0.4, 0.5) is 34.1 Å². The maximum absolute atomic E-state index is 7.11. The molecule has 0 bridgehead atoms. The second-order valence-corrected chi connectivity index (χ2v) is 19.5. The zero-order valence-electron chi connectivity index (χ0n) is 36.4. The molecule has 2 aliphatic rings. The van der Waals surface area contributed by atoms with Gasteiger partial charge < -0.3 is 18.8 Å². The van der Waals surface area contributed by atoms with Gasteiger partial charge in [0.15, 0.2) is 0 Å². The minimum atomic E-state index is -0.132. The highest BCUT2D eigenvalue weighted by Gasteiger charge is 2.46. The molecule has 62 heavy (non-hydrogen) atoms. The number of anilines is 6. The number of aromatic nitrogens is 1. The zero-order valence-corrected chi connectivity index (χ0v) is 36.4. The van der Waals surface area contributed by atoms with Gasteiger partial charge in [-0.2, -0.15) is 0 Å². The normalized spacial score (nSPS) is 13.6. The summed E-state index contributed by atoms with van der Waals surface area (Å²) in [7, 11) is 0. The third kappa shape index (κ3) is 5.40. The third-order valence-corrected chi connectivity index (χ3v) is 13.5. The van der Waals surface area contributed by atoms with E-state index in [0.29, 0.717) is 0 Å². The van der Waals surface area contributed by atoms with Gasteiger partial charge in [0, 0.05) is 50.3 Å². The first-order valence-electron chi connectivity index (χ1n) is 22.0. The largest absolute Gasteiger partial charge is 0.468 e. The van der Waals surface area contributed by atoms with E-state index in [4.69, 9.17) is 4.42 Å². The molecule has 5 heteroatoms. The van der Waals surface area contributed by atoms with Gasteiger partial charge >= 0.3 is 0 Å². The predicted molar refractivity (Wildman–Crippen MR) is 264 cm³/mol. The molecule has 0 fully saturated rings. The summed E-state index contributed by atoms with van der Waals surface area (Å²) in [5.41, 5.74) is 18.6. The fraction of sp³-hybridized carbons (Fsp3) is 0.158. The Labute approximate surface area is 363 Å². The second-order valence-electron chi connectivity index (χ2n) is 19.5. The van der Waals surface area contributed by atoms with Crippen LogP contribution in [0.5, 0.6) is 0 Å². The number of para-hydroxylation sites is 1. The molecule has 2 aromatic heterocycles. The molecule has 0 saturated heterocycles. The van der Waals surface area contributed by atoms with Gasteiger partial charge in [-0.05, 0) is 141 Å². The highest BCUT2D eigenvalue weighted by atomic mass is 16.3. The number of aryl methyl sites for hydroxylation is 1. The fourth-order valence-electron chi connectivity index (χ4n) is 10.4. The Morgan fingerprint density at radius 1 is 0.468 bits per heavy atom. The number of rotatable bonds is 3. The van der Waals surface area contributed by atoms with Gasteiger partial charge in [-0.1, -0.05) is 120 Å². The van der Waals surface area contributed by atoms with Crippen LogP contribution in [-0.2, 0) is 10.8 Å². The molecular formula is C57H48BN3O. The summed E-state index contributed by atoms with van der Waals surface area (Å²) >= 11 is 0. The first-order chi connectivity index (χ1) is 29.9. The molecular weight excluding hydrogens is 753 g/mol. The summed E-state index contributed by atoms with van der Waals surface area (Å²) in [5.74, 6) is 0. The van der Waals surface area contributed by atoms with Gasteiger partial charge in [-0.25, -0.2) is 0 Å². The summed E-state index contributed by atoms with van der Waals surface area (Å²) < 4.78 is 9.59. The SMILES string of the molecule is Cc1cccc(N2c3cccc4c3B(c3ccc(-n5c6ccc(C(C)(C)C)cc6c6cc(C(C)(C)C)ccc65)cc3N4c3ccc4ccccc4c3)c3oc4ccccc4c32)c1. The van der Waals surface area contributed by atoms with Gasteiger partial charge in [0.2, 0.25) is 0 Å². The summed E-state index contributed by atoms with van der Waals surface area (Å²) in [6.45, 7) is 15.9. The highest BCUT2D eigenvalue weighted by molar-refractivity contribution is 7.00. The van der Waals surface area contributed by atoms with Crippen molar-refractivity contribution in [2.24, 2.45) is 0 Å². The lowest BCUT2D eigenvalue weighted by Crippen LogP contribution is -2.61. The molecule has 0 N–H and O–H groups in total. The molecule has 4 heterocycles. The van der Waals surface area contributed by atoms with E-state index in [1.807, 2.05) is 0 Å². The molecule has 10 aromatic rings. The molecule has 0 atom stereocenters. The molecule has 2 aliphatic heterocycles. The highest BCUT2D eigenvalue weighted by Crippen LogP contribution is 2.48. The van der Waals surface area contributed by atoms with E-state index in [0.717, 1.165) is 50.8 Å². The summed E-state index contributed by atoms with van der Waals surface area (Å²) in [6.07, 6.45) is 0. The van der Waals surface area contributed by atoms with Crippen molar-refractivity contribution in [1.29, 1.82) is 0 Å². The van der Waals surface area contributed by atoms with Gasteiger partial charge in [-0.3, -0.25) is 0 Å². The molecule has 12 rings (SSSR count). The van der Waals surface area contributed by atoms with E-state index >= 15 is 0 Å². The van der Waals surface area contributed by atoms with Gasteiger partial charge in [0.25, 0.3) is 6.71 Å². The molecule has 4 nitrogen and oxygen atoms in total. The van der Waals surface area contributed by atoms with Crippen molar-refractivity contribution >= 4 is 101 Å². The van der Waals surface area contributed by atoms with E-state index in [1.54, 1.807) is 0 Å². The van der Waals surface area contributed by atoms with Crippen LogP contribution in [0.25, 0.3) is 49.2 Å². The van der Waals surface area contributed by atoms with Crippen LogP contribution in [0.15, 0.2) is 168 Å². The minimum Gasteiger partial charge on any atom is -0.468 e. The predicted octanol–water partition coefficient (Wildman–Crippen LogP) is 13.7. The molecule has 0 spiro atoms. The molecule has 8 aromatic carbocycles. The Balaban J connectivity index is 1.16. The van der Waals surface area contributed by atoms with Crippen LogP contribution in [0.3, 0.4) is 0 Å². The average Bonchev–Trinajstić information content (AvgIpc) is 3.81. The van der Waals surface area contributed by atoms with Crippen molar-refractivity contribution < 1.29 is 4.42 Å². The lowest BCUT2D eigenvalue weighted by Gasteiger charge is -2.42. The van der Waals surface area contributed by atoms with E-state index in [2.05, 4.69) is 227 Å². The Hall–Kier alpha value is -6.98. The van der Waals surface area contributed by atoms with Crippen molar-refractivity contribution in [2.75, 3.05) is 9.80 Å². The van der Waals surface area contributed by atoms with Crippen LogP contribution in [0.2, 0.25) is 0 Å². The fourth-order valence-corrected chi connectivity index (χ4v) is 10.4. The lowest BCUT2D eigenvalue weighted by atomic mass is 9.35. The maximum atomic E-state index is 7.11. The first-order valence-corrected chi connectivity index (χ1v) is 22.0. The van der Waals surface area contributed by atoms with E-state index in [9.17, 15) is 0 Å². The summed E-state index contributed by atoms with van der Waals surface area (Å²) in [4.78, 5) is 4.95. The van der Waals surface area contributed by atoms with Gasteiger partial charge in [-0.15, -0.1) is 0 Å². The monoisotopic (exact) mass is 801 g/mol. The summed E-state index contributed by atoms with van der Waals surface area (Å²) in [6, 6.07) is 61.1. The number of hydrogen-bond acceptors (Lipinski definition) is 3. The number of benzene rings is 8. The van der Waals surface area contributed by atoms with Gasteiger partial charge in [0.05, 0.1) is 22.4 Å². The lowest BCUT2D eigenvalue weighted by molar-refractivity contribution is 0.590. The Morgan fingerprint density at radius 3 is 1.81 bits per heavy atom. The number of hydrogen-bond donors (Lipinski definition) is 0. The topological polar surface area (TPSA) is 24.6 Å². The van der Waals surface area contributed by atoms with Gasteiger partial charge in [0.1, 0.15) is 5.58 Å². The molecule has 0 saturated carbocycles. The van der Waals surface area contributed by atoms with Crippen molar-refractivity contribution in [3.63, 3.8) is 0 Å². The zero-order chi connectivity index (χ0) is 42.2. The number of nitrogens with zero attached hydrogens (tertiary/aromatic N) is 3. The third-order valence-electron chi connectivity index (χ3n) is 13.5. The van der Waals surface area contributed by atoms with E-state index in [-0.39, 0.29) is 17.5 Å². The number of furan rings is 1. The number of fused-ring (bicyclic) bond motifs is 10. The van der Waals surface area contributed by atoms with Crippen molar-refractivity contribution in [3.8, 4) is 5.69 Å². The second kappa shape index (κ2) is 13.0. The molecule has 300 valence electrons. The smallest absolute Gasteiger partial charge is 0.297 e. The average molecular weight is 802 g/mol. The van der Waals surface area contributed by atoms with Crippen LogP contribution in [-0.4, -0.2) is 11.3 Å². The standard InChI is InChI=1S/C57H48BN3O/c1-35-14-12-17-40(30-35)61-50-20-13-19-49-53(50)58(55-54(61)43-18-10-11-21-52(43)62-55)46-27-26-42(34-51(46)60(49)41-25-22-36-15-8-9-16-37(36)31-41)59-47-28-23-38(56(2,3)4)32-44(47)45-33-39(57(5,6)7)24-29-48(45)59/h8-34H,1-7H3. The molecule has 0 unspecified atom stereocenters. The van der Waals surface area contributed by atoms with E-state index in [1.165, 1.54) is 65.9 Å². The summed E-state index contributed by atoms with van der Waals surface area (Å²) in [5, 5.41) is 6.12. The first kappa shape index (κ1) is 36.8. The Morgan fingerprint density at radius 2 is 1.10 bits per heavy atom. The molecule has 0 aliphatic carbocycles. The minimum absolute atomic E-state index is 0.0209. The van der Waals surface area contributed by atoms with Crippen LogP contribution in [0.1, 0.15) is 58.2 Å². The van der Waals surface area contributed by atoms with Crippen LogP contribution in [0, 0.1) is 6.92 Å².